The number of methoxy groups -OCH3 is 1. The van der Waals surface area contributed by atoms with Crippen LogP contribution in [0.2, 0.25) is 0 Å². The Labute approximate surface area is 69.7 Å². The molecule has 0 bridgehead atoms. The molecule has 6 nitrogen and oxygen atoms in total. The molecule has 68 valence electrons. The lowest BCUT2D eigenvalue weighted by atomic mass is 10.1. The second-order valence-corrected chi connectivity index (χ2v) is 2.57. The molecule has 3 atom stereocenters. The molecule has 12 heavy (non-hydrogen) atoms. The van der Waals surface area contributed by atoms with Gasteiger partial charge in [-0.05, 0) is 5.53 Å². The minimum Gasteiger partial charge on any atom is -0.390 e. The van der Waals surface area contributed by atoms with E-state index in [1.807, 2.05) is 0 Å². The van der Waals surface area contributed by atoms with Gasteiger partial charge in [0.05, 0.1) is 18.8 Å². The van der Waals surface area contributed by atoms with Gasteiger partial charge >= 0.3 is 0 Å². The highest BCUT2D eigenvalue weighted by Gasteiger charge is 2.28. The Bertz CT molecular complexity index is 192. The van der Waals surface area contributed by atoms with Crippen LogP contribution in [0, 0.1) is 0 Å². The second kappa shape index (κ2) is 4.27. The van der Waals surface area contributed by atoms with Crippen LogP contribution in [0.15, 0.2) is 5.11 Å². The van der Waals surface area contributed by atoms with Crippen LogP contribution in [0.3, 0.4) is 0 Å². The summed E-state index contributed by atoms with van der Waals surface area (Å²) in [6.07, 6.45) is -0.682. The van der Waals surface area contributed by atoms with Crippen LogP contribution in [0.1, 0.15) is 6.42 Å². The molecule has 1 aliphatic heterocycles. The van der Waals surface area contributed by atoms with Gasteiger partial charge in [-0.2, -0.15) is 0 Å². The predicted molar refractivity (Wildman–Crippen MR) is 40.3 cm³/mol. The molecule has 1 fully saturated rings. The summed E-state index contributed by atoms with van der Waals surface area (Å²) in [5, 5.41) is 12.7. The zero-order chi connectivity index (χ0) is 8.97. The van der Waals surface area contributed by atoms with Crippen molar-refractivity contribution in [2.24, 2.45) is 5.11 Å². The third-order valence-corrected chi connectivity index (χ3v) is 1.79. The molecule has 0 aromatic rings. The summed E-state index contributed by atoms with van der Waals surface area (Å²) in [7, 11) is 1.51. The van der Waals surface area contributed by atoms with Crippen LogP contribution in [-0.2, 0) is 9.47 Å². The van der Waals surface area contributed by atoms with Crippen molar-refractivity contribution in [1.82, 2.24) is 0 Å². The van der Waals surface area contributed by atoms with E-state index in [2.05, 4.69) is 10.0 Å². The van der Waals surface area contributed by atoms with Gasteiger partial charge in [0, 0.05) is 18.4 Å². The minimum absolute atomic E-state index is 0.155. The van der Waals surface area contributed by atoms with E-state index in [4.69, 9.17) is 15.0 Å². The van der Waals surface area contributed by atoms with Crippen LogP contribution < -0.4 is 0 Å². The first-order valence-electron chi connectivity index (χ1n) is 3.64. The van der Waals surface area contributed by atoms with Crippen LogP contribution >= 0.6 is 0 Å². The van der Waals surface area contributed by atoms with Gasteiger partial charge in [0.2, 0.25) is 0 Å². The van der Waals surface area contributed by atoms with Crippen LogP contribution in [-0.4, -0.2) is 37.3 Å². The van der Waals surface area contributed by atoms with Crippen LogP contribution in [0.5, 0.6) is 0 Å². The Morgan fingerprint density at radius 2 is 2.50 bits per heavy atom. The number of azide groups is 1. The summed E-state index contributed by atoms with van der Waals surface area (Å²) >= 11 is 0. The molecule has 1 heterocycles. The van der Waals surface area contributed by atoms with Gasteiger partial charge in [-0.15, -0.1) is 0 Å². The maximum absolute atomic E-state index is 9.27. The number of rotatable bonds is 2. The fourth-order valence-electron chi connectivity index (χ4n) is 1.09. The summed E-state index contributed by atoms with van der Waals surface area (Å²) in [4.78, 5) is 2.63. The van der Waals surface area contributed by atoms with E-state index in [0.29, 0.717) is 6.42 Å². The zero-order valence-electron chi connectivity index (χ0n) is 6.75. The zero-order valence-corrected chi connectivity index (χ0v) is 6.75. The van der Waals surface area contributed by atoms with Gasteiger partial charge in [-0.25, -0.2) is 0 Å². The van der Waals surface area contributed by atoms with Crippen LogP contribution in [0.4, 0.5) is 0 Å². The van der Waals surface area contributed by atoms with Gasteiger partial charge in [0.15, 0.2) is 6.29 Å². The Morgan fingerprint density at radius 1 is 1.75 bits per heavy atom. The molecule has 1 rings (SSSR count). The molecule has 0 radical (unpaired) electrons. The van der Waals surface area contributed by atoms with Gasteiger partial charge in [0.25, 0.3) is 0 Å². The van der Waals surface area contributed by atoms with Crippen molar-refractivity contribution in [3.63, 3.8) is 0 Å². The van der Waals surface area contributed by atoms with Crippen molar-refractivity contribution in [2.75, 3.05) is 13.7 Å². The maximum atomic E-state index is 9.27. The van der Waals surface area contributed by atoms with Gasteiger partial charge in [-0.1, -0.05) is 5.11 Å². The van der Waals surface area contributed by atoms with Crippen molar-refractivity contribution in [2.45, 2.75) is 24.9 Å². The SMILES string of the molecule is CO[C@H]1C[C@@H](N=[N+]=[N-])[C@H](O)CO1. The van der Waals surface area contributed by atoms with E-state index in [1.165, 1.54) is 7.11 Å². The van der Waals surface area contributed by atoms with Crippen molar-refractivity contribution in [1.29, 1.82) is 0 Å². The second-order valence-electron chi connectivity index (χ2n) is 2.57. The Kier molecular flexibility index (Phi) is 3.31. The Balaban J connectivity index is 2.52. The normalized spacial score (nSPS) is 35.7. The highest BCUT2D eigenvalue weighted by molar-refractivity contribution is 4.80. The van der Waals surface area contributed by atoms with E-state index in [9.17, 15) is 5.11 Å². The summed E-state index contributed by atoms with van der Waals surface area (Å²) in [6.45, 7) is 0.155. The third kappa shape index (κ3) is 2.09. The highest BCUT2D eigenvalue weighted by atomic mass is 16.7. The predicted octanol–water partition coefficient (Wildman–Crippen LogP) is 0.419. The summed E-state index contributed by atoms with van der Waals surface area (Å²) in [5.41, 5.74) is 8.16. The van der Waals surface area contributed by atoms with E-state index in [1.54, 1.807) is 0 Å². The molecular formula is C6H11N3O3. The topological polar surface area (TPSA) is 87.5 Å². The number of hydrogen-bond donors (Lipinski definition) is 1. The van der Waals surface area contributed by atoms with Gasteiger partial charge < -0.3 is 14.6 Å². The van der Waals surface area contributed by atoms with E-state index < -0.39 is 12.1 Å². The van der Waals surface area contributed by atoms with Gasteiger partial charge in [-0.3, -0.25) is 0 Å². The average Bonchev–Trinajstić information content (AvgIpc) is 2.09. The fourth-order valence-corrected chi connectivity index (χ4v) is 1.09. The molecule has 0 aliphatic carbocycles. The van der Waals surface area contributed by atoms with E-state index >= 15 is 0 Å². The van der Waals surface area contributed by atoms with Crippen molar-refractivity contribution in [3.8, 4) is 0 Å². The molecule has 0 spiro atoms. The number of hydrogen-bond acceptors (Lipinski definition) is 4. The summed E-state index contributed by atoms with van der Waals surface area (Å²) in [5.74, 6) is 0. The smallest absolute Gasteiger partial charge is 0.157 e. The molecule has 1 saturated heterocycles. The highest BCUT2D eigenvalue weighted by Crippen LogP contribution is 2.17. The maximum Gasteiger partial charge on any atom is 0.157 e. The third-order valence-electron chi connectivity index (χ3n) is 1.79. The Hall–Kier alpha value is -0.810. The standard InChI is InChI=1S/C6H11N3O3/c1-11-6-2-4(8-9-7)5(10)3-12-6/h4-6,10H,2-3H2,1H3/t4-,5-,6-/m1/s1. The van der Waals surface area contributed by atoms with Crippen molar-refractivity contribution in [3.05, 3.63) is 10.4 Å². The average molecular weight is 173 g/mol. The number of aliphatic hydroxyl groups is 1. The van der Waals surface area contributed by atoms with E-state index in [-0.39, 0.29) is 12.9 Å². The first-order valence-corrected chi connectivity index (χ1v) is 3.64. The number of aliphatic hydroxyl groups excluding tert-OH is 1. The quantitative estimate of drug-likeness (QED) is 0.373. The minimum atomic E-state index is -0.715. The first-order chi connectivity index (χ1) is 5.77. The summed E-state index contributed by atoms with van der Waals surface area (Å²) < 4.78 is 9.96. The van der Waals surface area contributed by atoms with E-state index in [0.717, 1.165) is 0 Å². The molecule has 1 N–H and O–H groups in total. The molecule has 0 unspecified atom stereocenters. The summed E-state index contributed by atoms with van der Waals surface area (Å²) in [6, 6.07) is -0.436. The lowest BCUT2D eigenvalue weighted by Crippen LogP contribution is -2.40. The lowest BCUT2D eigenvalue weighted by Gasteiger charge is -2.29. The largest absolute Gasteiger partial charge is 0.390 e. The molecule has 0 amide bonds. The van der Waals surface area contributed by atoms with Crippen molar-refractivity contribution >= 4 is 0 Å². The Morgan fingerprint density at radius 3 is 3.08 bits per heavy atom. The molecule has 0 saturated carbocycles. The van der Waals surface area contributed by atoms with Gasteiger partial charge in [0.1, 0.15) is 0 Å². The van der Waals surface area contributed by atoms with Crippen molar-refractivity contribution < 1.29 is 14.6 Å². The fraction of sp³-hybridized carbons (Fsp3) is 1.00. The molecule has 0 aromatic carbocycles. The molecular weight excluding hydrogens is 162 g/mol. The molecule has 1 aliphatic rings. The first kappa shape index (κ1) is 9.28. The number of ether oxygens (including phenoxy) is 2. The lowest BCUT2D eigenvalue weighted by molar-refractivity contribution is -0.178. The monoisotopic (exact) mass is 173 g/mol. The molecule has 0 aromatic heterocycles. The number of nitrogens with zero attached hydrogens (tertiary/aromatic N) is 3. The van der Waals surface area contributed by atoms with Crippen LogP contribution in [0.25, 0.3) is 10.4 Å². The molecule has 6 heteroatoms.